The van der Waals surface area contributed by atoms with Gasteiger partial charge in [0.2, 0.25) is 0 Å². The number of aldehydes is 1. The average Bonchev–Trinajstić information content (AvgIpc) is 2.39. The molecule has 18 heavy (non-hydrogen) atoms. The molecule has 0 radical (unpaired) electrons. The van der Waals surface area contributed by atoms with Crippen LogP contribution in [0.15, 0.2) is 24.3 Å². The first-order valence-electron chi connectivity index (χ1n) is 5.96. The van der Waals surface area contributed by atoms with Crippen molar-refractivity contribution in [1.29, 1.82) is 0 Å². The molecule has 0 fully saturated rings. The molecule has 0 saturated carbocycles. The van der Waals surface area contributed by atoms with Gasteiger partial charge >= 0.3 is 6.03 Å². The molecule has 98 valence electrons. The van der Waals surface area contributed by atoms with E-state index in [0.717, 1.165) is 6.29 Å². The third kappa shape index (κ3) is 5.34. The molecule has 5 nitrogen and oxygen atoms in total. The van der Waals surface area contributed by atoms with Crippen molar-refractivity contribution in [1.82, 2.24) is 10.6 Å². The molecule has 1 aromatic rings. The average molecular weight is 250 g/mol. The monoisotopic (exact) mass is 250 g/mol. The van der Waals surface area contributed by atoms with Crippen molar-refractivity contribution >= 4 is 12.3 Å². The van der Waals surface area contributed by atoms with Gasteiger partial charge in [0.1, 0.15) is 12.0 Å². The summed E-state index contributed by atoms with van der Waals surface area (Å²) in [4.78, 5) is 21.6. The zero-order valence-electron chi connectivity index (χ0n) is 10.4. The van der Waals surface area contributed by atoms with E-state index in [9.17, 15) is 9.59 Å². The summed E-state index contributed by atoms with van der Waals surface area (Å²) >= 11 is 0. The number of urea groups is 1. The number of rotatable bonds is 7. The second kappa shape index (κ2) is 8.11. The van der Waals surface area contributed by atoms with Crippen LogP contribution >= 0.6 is 0 Å². The number of hydrogen-bond donors (Lipinski definition) is 2. The highest BCUT2D eigenvalue weighted by atomic mass is 16.5. The van der Waals surface area contributed by atoms with E-state index < -0.39 is 0 Å². The van der Waals surface area contributed by atoms with E-state index in [0.29, 0.717) is 37.4 Å². The Morgan fingerprint density at radius 2 is 2.22 bits per heavy atom. The molecule has 0 spiro atoms. The molecule has 0 aliphatic rings. The van der Waals surface area contributed by atoms with Gasteiger partial charge in [0, 0.05) is 18.7 Å². The van der Waals surface area contributed by atoms with Crippen molar-refractivity contribution < 1.29 is 14.3 Å². The van der Waals surface area contributed by atoms with Gasteiger partial charge in [0.05, 0.1) is 6.61 Å². The molecule has 0 aliphatic heterocycles. The lowest BCUT2D eigenvalue weighted by Gasteiger charge is -2.08. The van der Waals surface area contributed by atoms with Crippen LogP contribution in [0.2, 0.25) is 0 Å². The van der Waals surface area contributed by atoms with E-state index in [4.69, 9.17) is 4.74 Å². The summed E-state index contributed by atoms with van der Waals surface area (Å²) < 4.78 is 5.46. The zero-order chi connectivity index (χ0) is 13.2. The number of benzene rings is 1. The van der Waals surface area contributed by atoms with Crippen LogP contribution in [0, 0.1) is 0 Å². The van der Waals surface area contributed by atoms with Gasteiger partial charge < -0.3 is 15.4 Å². The molecule has 0 saturated heterocycles. The smallest absolute Gasteiger partial charge is 0.314 e. The molecular formula is C13H18N2O3. The van der Waals surface area contributed by atoms with Crippen molar-refractivity contribution in [3.63, 3.8) is 0 Å². The van der Waals surface area contributed by atoms with Gasteiger partial charge in [-0.25, -0.2) is 4.79 Å². The lowest BCUT2D eigenvalue weighted by atomic mass is 10.2. The highest BCUT2D eigenvalue weighted by Gasteiger charge is 1.98. The van der Waals surface area contributed by atoms with Crippen LogP contribution in [0.1, 0.15) is 23.7 Å². The van der Waals surface area contributed by atoms with E-state index in [1.807, 2.05) is 6.92 Å². The largest absolute Gasteiger partial charge is 0.494 e. The Morgan fingerprint density at radius 3 is 2.94 bits per heavy atom. The summed E-state index contributed by atoms with van der Waals surface area (Å²) in [5.74, 6) is 0.664. The van der Waals surface area contributed by atoms with Crippen LogP contribution in [0.4, 0.5) is 4.79 Å². The first kappa shape index (κ1) is 14.0. The SMILES string of the molecule is CCNC(=O)NCCCOc1cccc(C=O)c1. The highest BCUT2D eigenvalue weighted by molar-refractivity contribution is 5.75. The molecule has 0 atom stereocenters. The number of nitrogens with one attached hydrogen (secondary N) is 2. The number of carbonyl (C=O) groups is 2. The molecule has 1 aromatic carbocycles. The summed E-state index contributed by atoms with van der Waals surface area (Å²) in [5.41, 5.74) is 0.591. The van der Waals surface area contributed by atoms with E-state index in [2.05, 4.69) is 10.6 Å². The third-order valence-corrected chi connectivity index (χ3v) is 2.21. The van der Waals surface area contributed by atoms with Crippen molar-refractivity contribution in [2.24, 2.45) is 0 Å². The molecule has 5 heteroatoms. The number of ether oxygens (including phenoxy) is 1. The van der Waals surface area contributed by atoms with E-state index in [1.165, 1.54) is 0 Å². The Balaban J connectivity index is 2.17. The molecule has 2 amide bonds. The zero-order valence-corrected chi connectivity index (χ0v) is 10.4. The summed E-state index contributed by atoms with van der Waals surface area (Å²) in [6.07, 6.45) is 1.49. The maximum atomic E-state index is 11.1. The van der Waals surface area contributed by atoms with Crippen molar-refractivity contribution in [3.8, 4) is 5.75 Å². The van der Waals surface area contributed by atoms with Gasteiger partial charge in [0.15, 0.2) is 0 Å². The van der Waals surface area contributed by atoms with Crippen LogP contribution in [0.3, 0.4) is 0 Å². The van der Waals surface area contributed by atoms with Gasteiger partial charge in [-0.2, -0.15) is 0 Å². The minimum absolute atomic E-state index is 0.166. The Bertz CT molecular complexity index is 394. The molecule has 0 aromatic heterocycles. The number of amides is 2. The summed E-state index contributed by atoms with van der Waals surface area (Å²) in [6.45, 7) is 3.53. The van der Waals surface area contributed by atoms with Crippen LogP contribution < -0.4 is 15.4 Å². The molecule has 2 N–H and O–H groups in total. The van der Waals surface area contributed by atoms with Gasteiger partial charge in [0.25, 0.3) is 0 Å². The van der Waals surface area contributed by atoms with E-state index >= 15 is 0 Å². The molecule has 0 aliphatic carbocycles. The van der Waals surface area contributed by atoms with Crippen molar-refractivity contribution in [2.45, 2.75) is 13.3 Å². The second-order valence-corrected chi connectivity index (χ2v) is 3.68. The normalized spacial score (nSPS) is 9.61. The van der Waals surface area contributed by atoms with Gasteiger partial charge in [-0.15, -0.1) is 0 Å². The van der Waals surface area contributed by atoms with Crippen LogP contribution in [-0.4, -0.2) is 32.0 Å². The second-order valence-electron chi connectivity index (χ2n) is 3.68. The summed E-state index contributed by atoms with van der Waals surface area (Å²) in [7, 11) is 0. The molecule has 0 heterocycles. The lowest BCUT2D eigenvalue weighted by molar-refractivity contribution is 0.112. The quantitative estimate of drug-likeness (QED) is 0.570. The maximum absolute atomic E-state index is 11.1. The topological polar surface area (TPSA) is 67.4 Å². The Labute approximate surface area is 107 Å². The van der Waals surface area contributed by atoms with Crippen molar-refractivity contribution in [2.75, 3.05) is 19.7 Å². The number of carbonyl (C=O) groups excluding carboxylic acids is 2. The molecule has 1 rings (SSSR count). The van der Waals surface area contributed by atoms with Crippen LogP contribution in [-0.2, 0) is 0 Å². The highest BCUT2D eigenvalue weighted by Crippen LogP contribution is 2.11. The Hall–Kier alpha value is -2.04. The first-order chi connectivity index (χ1) is 8.76. The standard InChI is InChI=1S/C13H18N2O3/c1-2-14-13(17)15-7-4-8-18-12-6-3-5-11(9-12)10-16/h3,5-6,9-10H,2,4,7-8H2,1H3,(H2,14,15,17). The summed E-state index contributed by atoms with van der Waals surface area (Å²) in [5, 5.41) is 5.35. The predicted molar refractivity (Wildman–Crippen MR) is 69.0 cm³/mol. The fourth-order valence-electron chi connectivity index (χ4n) is 1.36. The van der Waals surface area contributed by atoms with Crippen molar-refractivity contribution in [3.05, 3.63) is 29.8 Å². The lowest BCUT2D eigenvalue weighted by Crippen LogP contribution is -2.36. The number of hydrogen-bond acceptors (Lipinski definition) is 3. The van der Waals surface area contributed by atoms with E-state index in [-0.39, 0.29) is 6.03 Å². The minimum atomic E-state index is -0.166. The predicted octanol–water partition coefficient (Wildman–Crippen LogP) is 1.59. The fraction of sp³-hybridized carbons (Fsp3) is 0.385. The first-order valence-corrected chi connectivity index (χ1v) is 5.96. The molecular weight excluding hydrogens is 232 g/mol. The molecule has 0 bridgehead atoms. The summed E-state index contributed by atoms with van der Waals surface area (Å²) in [6, 6.07) is 6.80. The van der Waals surface area contributed by atoms with Crippen LogP contribution in [0.25, 0.3) is 0 Å². The Kier molecular flexibility index (Phi) is 6.32. The third-order valence-electron chi connectivity index (χ3n) is 2.21. The minimum Gasteiger partial charge on any atom is -0.494 e. The van der Waals surface area contributed by atoms with Crippen LogP contribution in [0.5, 0.6) is 5.75 Å². The molecule has 0 unspecified atom stereocenters. The van der Waals surface area contributed by atoms with Gasteiger partial charge in [-0.3, -0.25) is 4.79 Å². The Morgan fingerprint density at radius 1 is 1.39 bits per heavy atom. The van der Waals surface area contributed by atoms with Gasteiger partial charge in [-0.05, 0) is 25.5 Å². The maximum Gasteiger partial charge on any atom is 0.314 e. The van der Waals surface area contributed by atoms with E-state index in [1.54, 1.807) is 24.3 Å². The fourth-order valence-corrected chi connectivity index (χ4v) is 1.36. The van der Waals surface area contributed by atoms with Gasteiger partial charge in [-0.1, -0.05) is 12.1 Å².